The standard InChI is InChI=1S/C16H21N3O/c1-11(2)10-17-16(20)15-9-13(4)19(18-15)14-7-5-12(3)6-8-14/h5-9,11H,10H2,1-4H3,(H,17,20). The van der Waals surface area contributed by atoms with E-state index in [9.17, 15) is 4.79 Å². The van der Waals surface area contributed by atoms with Crippen LogP contribution in [0.4, 0.5) is 0 Å². The molecule has 0 aliphatic heterocycles. The van der Waals surface area contributed by atoms with E-state index in [0.29, 0.717) is 18.2 Å². The fourth-order valence-electron chi connectivity index (χ4n) is 1.92. The summed E-state index contributed by atoms with van der Waals surface area (Å²) >= 11 is 0. The smallest absolute Gasteiger partial charge is 0.271 e. The molecule has 0 aliphatic carbocycles. The van der Waals surface area contributed by atoms with Crippen molar-refractivity contribution < 1.29 is 4.79 Å². The Hall–Kier alpha value is -2.10. The molecule has 0 radical (unpaired) electrons. The fraction of sp³-hybridized carbons (Fsp3) is 0.375. The number of aromatic nitrogens is 2. The lowest BCUT2D eigenvalue weighted by Gasteiger charge is -2.06. The van der Waals surface area contributed by atoms with E-state index in [2.05, 4.69) is 24.3 Å². The highest BCUT2D eigenvalue weighted by Gasteiger charge is 2.13. The zero-order valence-corrected chi connectivity index (χ0v) is 12.5. The minimum absolute atomic E-state index is 0.118. The van der Waals surface area contributed by atoms with E-state index < -0.39 is 0 Å². The van der Waals surface area contributed by atoms with Gasteiger partial charge in [0.2, 0.25) is 0 Å². The van der Waals surface area contributed by atoms with Crippen LogP contribution >= 0.6 is 0 Å². The van der Waals surface area contributed by atoms with Crippen LogP contribution in [-0.2, 0) is 0 Å². The molecule has 0 atom stereocenters. The molecular weight excluding hydrogens is 250 g/mol. The minimum Gasteiger partial charge on any atom is -0.350 e. The van der Waals surface area contributed by atoms with Gasteiger partial charge in [0, 0.05) is 12.2 Å². The summed E-state index contributed by atoms with van der Waals surface area (Å²) in [6.45, 7) is 8.79. The van der Waals surface area contributed by atoms with Crippen LogP contribution in [0.5, 0.6) is 0 Å². The number of carbonyl (C=O) groups is 1. The van der Waals surface area contributed by atoms with E-state index >= 15 is 0 Å². The summed E-state index contributed by atoms with van der Waals surface area (Å²) < 4.78 is 1.80. The first-order valence-electron chi connectivity index (χ1n) is 6.89. The number of hydrogen-bond donors (Lipinski definition) is 1. The minimum atomic E-state index is -0.118. The number of benzene rings is 1. The Morgan fingerprint density at radius 3 is 2.50 bits per heavy atom. The summed E-state index contributed by atoms with van der Waals surface area (Å²) in [5.74, 6) is 0.312. The Morgan fingerprint density at radius 1 is 1.25 bits per heavy atom. The molecule has 4 nitrogen and oxygen atoms in total. The van der Waals surface area contributed by atoms with Gasteiger partial charge in [-0.3, -0.25) is 4.79 Å². The first-order chi connectivity index (χ1) is 9.47. The molecule has 20 heavy (non-hydrogen) atoms. The normalized spacial score (nSPS) is 10.8. The number of amides is 1. The lowest BCUT2D eigenvalue weighted by Crippen LogP contribution is -2.27. The summed E-state index contributed by atoms with van der Waals surface area (Å²) in [5.41, 5.74) is 3.58. The van der Waals surface area contributed by atoms with Gasteiger partial charge >= 0.3 is 0 Å². The lowest BCUT2D eigenvalue weighted by atomic mass is 10.2. The zero-order valence-electron chi connectivity index (χ0n) is 12.5. The van der Waals surface area contributed by atoms with Gasteiger partial charge in [0.05, 0.1) is 5.69 Å². The number of aryl methyl sites for hydroxylation is 2. The lowest BCUT2D eigenvalue weighted by molar-refractivity contribution is 0.0943. The molecule has 0 fully saturated rings. The monoisotopic (exact) mass is 271 g/mol. The van der Waals surface area contributed by atoms with Crippen molar-refractivity contribution in [3.63, 3.8) is 0 Å². The van der Waals surface area contributed by atoms with E-state index in [-0.39, 0.29) is 5.91 Å². The molecule has 106 valence electrons. The molecule has 2 rings (SSSR count). The first-order valence-corrected chi connectivity index (χ1v) is 6.89. The third-order valence-corrected chi connectivity index (χ3v) is 3.07. The molecule has 2 aromatic rings. The van der Waals surface area contributed by atoms with Crippen LogP contribution in [0.1, 0.15) is 35.6 Å². The molecule has 0 bridgehead atoms. The van der Waals surface area contributed by atoms with Crippen molar-refractivity contribution in [2.75, 3.05) is 6.54 Å². The van der Waals surface area contributed by atoms with Gasteiger partial charge in [0.1, 0.15) is 0 Å². The molecular formula is C16H21N3O. The van der Waals surface area contributed by atoms with Crippen LogP contribution in [0.3, 0.4) is 0 Å². The van der Waals surface area contributed by atoms with E-state index in [1.165, 1.54) is 5.56 Å². The Kier molecular flexibility index (Phi) is 4.23. The van der Waals surface area contributed by atoms with E-state index in [0.717, 1.165) is 11.4 Å². The van der Waals surface area contributed by atoms with Crippen molar-refractivity contribution in [2.24, 2.45) is 5.92 Å². The molecule has 1 N–H and O–H groups in total. The van der Waals surface area contributed by atoms with Crippen molar-refractivity contribution in [3.8, 4) is 5.69 Å². The van der Waals surface area contributed by atoms with Gasteiger partial charge in [-0.2, -0.15) is 5.10 Å². The quantitative estimate of drug-likeness (QED) is 0.929. The molecule has 0 saturated carbocycles. The summed E-state index contributed by atoms with van der Waals surface area (Å²) in [7, 11) is 0. The van der Waals surface area contributed by atoms with Crippen LogP contribution in [0.2, 0.25) is 0 Å². The van der Waals surface area contributed by atoms with Gasteiger partial charge in [-0.15, -0.1) is 0 Å². The second kappa shape index (κ2) is 5.90. The van der Waals surface area contributed by atoms with Gasteiger partial charge in [0.25, 0.3) is 5.91 Å². The molecule has 0 spiro atoms. The molecule has 1 amide bonds. The fourth-order valence-corrected chi connectivity index (χ4v) is 1.92. The average Bonchev–Trinajstić information content (AvgIpc) is 2.79. The van der Waals surface area contributed by atoms with Gasteiger partial charge in [0.15, 0.2) is 5.69 Å². The summed E-state index contributed by atoms with van der Waals surface area (Å²) in [6.07, 6.45) is 0. The summed E-state index contributed by atoms with van der Waals surface area (Å²) in [6, 6.07) is 9.90. The third kappa shape index (κ3) is 3.26. The van der Waals surface area contributed by atoms with Crippen molar-refractivity contribution in [3.05, 3.63) is 47.3 Å². The Bertz CT molecular complexity index is 597. The molecule has 0 saturated heterocycles. The van der Waals surface area contributed by atoms with Crippen LogP contribution in [0.25, 0.3) is 5.69 Å². The summed E-state index contributed by atoms with van der Waals surface area (Å²) in [4.78, 5) is 12.0. The molecule has 4 heteroatoms. The predicted octanol–water partition coefficient (Wildman–Crippen LogP) is 2.87. The van der Waals surface area contributed by atoms with Crippen molar-refractivity contribution in [1.82, 2.24) is 15.1 Å². The van der Waals surface area contributed by atoms with Crippen molar-refractivity contribution >= 4 is 5.91 Å². The Labute approximate surface area is 119 Å². The molecule has 0 unspecified atom stereocenters. The SMILES string of the molecule is Cc1ccc(-n2nc(C(=O)NCC(C)C)cc2C)cc1. The second-order valence-electron chi connectivity index (χ2n) is 5.52. The Morgan fingerprint density at radius 2 is 1.90 bits per heavy atom. The second-order valence-corrected chi connectivity index (χ2v) is 5.52. The maximum atomic E-state index is 12.0. The van der Waals surface area contributed by atoms with Crippen molar-refractivity contribution in [2.45, 2.75) is 27.7 Å². The average molecular weight is 271 g/mol. The van der Waals surface area contributed by atoms with Crippen LogP contribution in [-0.4, -0.2) is 22.2 Å². The maximum absolute atomic E-state index is 12.0. The van der Waals surface area contributed by atoms with Gasteiger partial charge in [-0.25, -0.2) is 4.68 Å². The zero-order chi connectivity index (χ0) is 14.7. The number of nitrogens with zero attached hydrogens (tertiary/aromatic N) is 2. The molecule has 1 heterocycles. The van der Waals surface area contributed by atoms with Gasteiger partial charge < -0.3 is 5.32 Å². The number of rotatable bonds is 4. The predicted molar refractivity (Wildman–Crippen MR) is 80.2 cm³/mol. The highest BCUT2D eigenvalue weighted by atomic mass is 16.1. The highest BCUT2D eigenvalue weighted by Crippen LogP contribution is 2.13. The maximum Gasteiger partial charge on any atom is 0.271 e. The molecule has 1 aromatic heterocycles. The summed E-state index contributed by atoms with van der Waals surface area (Å²) in [5, 5.41) is 7.28. The van der Waals surface area contributed by atoms with E-state index in [4.69, 9.17) is 0 Å². The number of nitrogens with one attached hydrogen (secondary N) is 1. The van der Waals surface area contributed by atoms with Crippen LogP contribution < -0.4 is 5.32 Å². The van der Waals surface area contributed by atoms with Crippen molar-refractivity contribution in [1.29, 1.82) is 0 Å². The third-order valence-electron chi connectivity index (χ3n) is 3.07. The topological polar surface area (TPSA) is 46.9 Å². The van der Waals surface area contributed by atoms with Crippen LogP contribution in [0, 0.1) is 19.8 Å². The Balaban J connectivity index is 2.21. The van der Waals surface area contributed by atoms with Crippen LogP contribution in [0.15, 0.2) is 30.3 Å². The van der Waals surface area contributed by atoms with Gasteiger partial charge in [-0.05, 0) is 38.0 Å². The number of hydrogen-bond acceptors (Lipinski definition) is 2. The van der Waals surface area contributed by atoms with E-state index in [1.54, 1.807) is 4.68 Å². The van der Waals surface area contributed by atoms with E-state index in [1.807, 2.05) is 44.2 Å². The molecule has 0 aliphatic rings. The van der Waals surface area contributed by atoms with Gasteiger partial charge in [-0.1, -0.05) is 31.5 Å². The highest BCUT2D eigenvalue weighted by molar-refractivity contribution is 5.92. The molecule has 1 aromatic carbocycles. The first kappa shape index (κ1) is 14.3. The number of carbonyl (C=O) groups excluding carboxylic acids is 1. The largest absolute Gasteiger partial charge is 0.350 e.